The molecule has 0 aliphatic carbocycles. The fourth-order valence-corrected chi connectivity index (χ4v) is 8.03. The van der Waals surface area contributed by atoms with Gasteiger partial charge < -0.3 is 9.47 Å². The number of hydrogen-bond acceptors (Lipinski definition) is 1. The van der Waals surface area contributed by atoms with Crippen LogP contribution < -0.4 is 4.90 Å². The van der Waals surface area contributed by atoms with Crippen molar-refractivity contribution < 1.29 is 0 Å². The summed E-state index contributed by atoms with van der Waals surface area (Å²) in [6, 6.07) is 74.6. The Bertz CT molecular complexity index is 2880. The van der Waals surface area contributed by atoms with Crippen LogP contribution in [-0.2, 0) is 0 Å². The summed E-state index contributed by atoms with van der Waals surface area (Å²) in [6.45, 7) is 0. The summed E-state index contributed by atoms with van der Waals surface area (Å²) >= 11 is 0. The molecule has 1 heterocycles. The molecule has 0 saturated heterocycles. The van der Waals surface area contributed by atoms with Gasteiger partial charge in [0, 0.05) is 33.5 Å². The fraction of sp³-hybridized carbons (Fsp3) is 0. The number of aromatic nitrogens is 1. The number of nitrogens with zero attached hydrogens (tertiary/aromatic N) is 2. The Morgan fingerprint density at radius 3 is 1.60 bits per heavy atom. The van der Waals surface area contributed by atoms with E-state index in [2.05, 4.69) is 216 Å². The van der Waals surface area contributed by atoms with Crippen molar-refractivity contribution in [3.8, 4) is 27.9 Å². The molecule has 9 aromatic carbocycles. The summed E-state index contributed by atoms with van der Waals surface area (Å²) in [5.74, 6) is 0. The van der Waals surface area contributed by atoms with Crippen LogP contribution in [-0.4, -0.2) is 4.57 Å². The van der Waals surface area contributed by atoms with Gasteiger partial charge in [0.15, 0.2) is 0 Å². The minimum atomic E-state index is 1.11. The van der Waals surface area contributed by atoms with E-state index in [4.69, 9.17) is 0 Å². The van der Waals surface area contributed by atoms with Crippen LogP contribution in [0.2, 0.25) is 0 Å². The van der Waals surface area contributed by atoms with Gasteiger partial charge in [-0.2, -0.15) is 0 Å². The fourth-order valence-electron chi connectivity index (χ4n) is 8.03. The summed E-state index contributed by atoms with van der Waals surface area (Å²) in [5, 5.41) is 7.48. The van der Waals surface area contributed by atoms with Gasteiger partial charge in [-0.1, -0.05) is 146 Å². The Hall–Kier alpha value is -6.90. The van der Waals surface area contributed by atoms with E-state index < -0.39 is 0 Å². The maximum absolute atomic E-state index is 2.41. The van der Waals surface area contributed by atoms with Crippen LogP contribution in [0.5, 0.6) is 0 Å². The summed E-state index contributed by atoms with van der Waals surface area (Å²) in [7, 11) is 0. The number of rotatable bonds is 6. The second-order valence-corrected chi connectivity index (χ2v) is 13.3. The molecule has 0 N–H and O–H groups in total. The van der Waals surface area contributed by atoms with Crippen molar-refractivity contribution >= 4 is 60.4 Å². The lowest BCUT2D eigenvalue weighted by atomic mass is 9.94. The SMILES string of the molecule is c1ccc(N(c2ccc(-c3cccc4ccccc34)cc2)c2ccc3c(c2)c2c(-c4cccc5ccccc45)cccc2n3-c2ccccc2)cc1. The molecule has 2 nitrogen and oxygen atoms in total. The van der Waals surface area contributed by atoms with Gasteiger partial charge >= 0.3 is 0 Å². The van der Waals surface area contributed by atoms with Crippen LogP contribution in [0.3, 0.4) is 0 Å². The number of fused-ring (bicyclic) bond motifs is 5. The van der Waals surface area contributed by atoms with Gasteiger partial charge in [-0.05, 0) is 104 Å². The molecule has 0 unspecified atom stereocenters. The third-order valence-electron chi connectivity index (χ3n) is 10.4. The van der Waals surface area contributed by atoms with E-state index in [-0.39, 0.29) is 0 Å². The zero-order chi connectivity index (χ0) is 34.4. The summed E-state index contributed by atoms with van der Waals surface area (Å²) < 4.78 is 2.41. The van der Waals surface area contributed by atoms with Gasteiger partial charge in [0.2, 0.25) is 0 Å². The standard InChI is InChI=1S/C50H34N2/c1-3-18-38(19-4-1)51(40-30-28-37(29-31-40)43-24-11-16-35-14-7-9-22-42(35)43)41-32-33-48-47(34-41)50-46(45-25-12-17-36-15-8-10-23-44(36)45)26-13-27-49(50)52(48)39-20-5-2-6-21-39/h1-34H. The number of para-hydroxylation sites is 2. The predicted molar refractivity (Wildman–Crippen MR) is 221 cm³/mol. The molecule has 10 rings (SSSR count). The highest BCUT2D eigenvalue weighted by atomic mass is 15.1. The quantitative estimate of drug-likeness (QED) is 0.172. The molecule has 0 fully saturated rings. The van der Waals surface area contributed by atoms with Crippen molar-refractivity contribution in [1.29, 1.82) is 0 Å². The van der Waals surface area contributed by atoms with E-state index >= 15 is 0 Å². The Labute approximate surface area is 303 Å². The molecular weight excluding hydrogens is 629 g/mol. The molecule has 2 heteroatoms. The largest absolute Gasteiger partial charge is 0.310 e. The third kappa shape index (κ3) is 4.96. The highest BCUT2D eigenvalue weighted by Crippen LogP contribution is 2.44. The van der Waals surface area contributed by atoms with E-state index in [1.807, 2.05) is 0 Å². The molecule has 0 aliphatic heterocycles. The molecule has 0 spiro atoms. The molecular formula is C50H34N2. The monoisotopic (exact) mass is 662 g/mol. The minimum absolute atomic E-state index is 1.11. The topological polar surface area (TPSA) is 8.17 Å². The van der Waals surface area contributed by atoms with Crippen molar-refractivity contribution in [2.75, 3.05) is 4.90 Å². The lowest BCUT2D eigenvalue weighted by Gasteiger charge is -2.26. The summed E-state index contributed by atoms with van der Waals surface area (Å²) in [4.78, 5) is 2.37. The highest BCUT2D eigenvalue weighted by Gasteiger charge is 2.20. The maximum atomic E-state index is 2.41. The highest BCUT2D eigenvalue weighted by molar-refractivity contribution is 6.18. The van der Waals surface area contributed by atoms with E-state index in [1.54, 1.807) is 0 Å². The predicted octanol–water partition coefficient (Wildman–Crippen LogP) is 13.9. The van der Waals surface area contributed by atoms with Crippen molar-refractivity contribution in [2.45, 2.75) is 0 Å². The van der Waals surface area contributed by atoms with Crippen molar-refractivity contribution in [3.63, 3.8) is 0 Å². The van der Waals surface area contributed by atoms with Crippen molar-refractivity contribution in [3.05, 3.63) is 206 Å². The third-order valence-corrected chi connectivity index (χ3v) is 10.4. The first kappa shape index (κ1) is 30.0. The Morgan fingerprint density at radius 2 is 0.865 bits per heavy atom. The molecule has 0 radical (unpaired) electrons. The second-order valence-electron chi connectivity index (χ2n) is 13.3. The minimum Gasteiger partial charge on any atom is -0.310 e. The molecule has 0 aliphatic rings. The number of benzene rings is 9. The first-order valence-corrected chi connectivity index (χ1v) is 17.9. The van der Waals surface area contributed by atoms with Crippen LogP contribution in [0.4, 0.5) is 17.1 Å². The molecule has 244 valence electrons. The molecule has 0 bridgehead atoms. The van der Waals surface area contributed by atoms with Crippen LogP contribution in [0.25, 0.3) is 71.3 Å². The van der Waals surface area contributed by atoms with E-state index in [0.717, 1.165) is 22.7 Å². The van der Waals surface area contributed by atoms with E-state index in [0.29, 0.717) is 0 Å². The Balaban J connectivity index is 1.20. The maximum Gasteiger partial charge on any atom is 0.0547 e. The first-order valence-electron chi connectivity index (χ1n) is 17.9. The van der Waals surface area contributed by atoms with Crippen LogP contribution >= 0.6 is 0 Å². The van der Waals surface area contributed by atoms with Crippen molar-refractivity contribution in [2.24, 2.45) is 0 Å². The van der Waals surface area contributed by atoms with Gasteiger partial charge in [-0.25, -0.2) is 0 Å². The van der Waals surface area contributed by atoms with Crippen LogP contribution in [0, 0.1) is 0 Å². The average Bonchev–Trinajstić information content (AvgIpc) is 3.55. The first-order chi connectivity index (χ1) is 25.8. The number of anilines is 3. The van der Waals surface area contributed by atoms with Gasteiger partial charge in [0.25, 0.3) is 0 Å². The lowest BCUT2D eigenvalue weighted by Crippen LogP contribution is -2.09. The van der Waals surface area contributed by atoms with E-state index in [9.17, 15) is 0 Å². The average molecular weight is 663 g/mol. The molecule has 0 amide bonds. The van der Waals surface area contributed by atoms with Gasteiger partial charge in [0.05, 0.1) is 11.0 Å². The van der Waals surface area contributed by atoms with Gasteiger partial charge in [0.1, 0.15) is 0 Å². The lowest BCUT2D eigenvalue weighted by molar-refractivity contribution is 1.18. The summed E-state index contributed by atoms with van der Waals surface area (Å²) in [6.07, 6.45) is 0. The Kier molecular flexibility index (Phi) is 7.18. The molecule has 1 aromatic heterocycles. The molecule has 0 atom stereocenters. The van der Waals surface area contributed by atoms with E-state index in [1.165, 1.54) is 65.6 Å². The zero-order valence-corrected chi connectivity index (χ0v) is 28.5. The smallest absolute Gasteiger partial charge is 0.0547 e. The molecule has 52 heavy (non-hydrogen) atoms. The van der Waals surface area contributed by atoms with Crippen molar-refractivity contribution in [1.82, 2.24) is 4.57 Å². The summed E-state index contributed by atoms with van der Waals surface area (Å²) in [5.41, 5.74) is 11.8. The normalized spacial score (nSPS) is 11.5. The second kappa shape index (κ2) is 12.5. The molecule has 0 saturated carbocycles. The van der Waals surface area contributed by atoms with Gasteiger partial charge in [-0.3, -0.25) is 0 Å². The van der Waals surface area contributed by atoms with Crippen LogP contribution in [0.1, 0.15) is 0 Å². The van der Waals surface area contributed by atoms with Gasteiger partial charge in [-0.15, -0.1) is 0 Å². The zero-order valence-electron chi connectivity index (χ0n) is 28.5. The Morgan fingerprint density at radius 1 is 0.327 bits per heavy atom. The molecule has 10 aromatic rings. The van der Waals surface area contributed by atoms with Crippen LogP contribution in [0.15, 0.2) is 206 Å². The number of hydrogen-bond donors (Lipinski definition) is 0.